The molecule has 2 aliphatic carbocycles. The number of nitrogens with zero attached hydrogens (tertiary/aromatic N) is 2. The Kier molecular flexibility index (Phi) is 9.75. The standard InChI is InChI=1S/C34H46FN5O9S/c1-8-20-15-34(20,29(43)38-50(46,47)22-12-13-22)37-27(41)25-14-21(48-31(45)39-16-19-10-9-11-24(35)23(19)18-39)17-40(25)28(42)26(32(2,3)4)36-30(44)49-33(5,6)7/h8-11,20-22,25-26H,1,12-18H2,2-7H3,(H,36,44)(H,37,41)(H,38,43). The Morgan fingerprint density at radius 1 is 1.08 bits per heavy atom. The number of sulfonamides is 1. The summed E-state index contributed by atoms with van der Waals surface area (Å²) in [7, 11) is -3.93. The van der Waals surface area contributed by atoms with Gasteiger partial charge in [-0.1, -0.05) is 39.0 Å². The molecule has 2 saturated carbocycles. The number of carbonyl (C=O) groups excluding carboxylic acids is 5. The van der Waals surface area contributed by atoms with Crippen LogP contribution in [0.5, 0.6) is 0 Å². The van der Waals surface area contributed by atoms with E-state index in [4.69, 9.17) is 9.47 Å². The van der Waals surface area contributed by atoms with Gasteiger partial charge in [-0.25, -0.2) is 22.4 Å². The molecule has 4 aliphatic rings. The predicted molar refractivity (Wildman–Crippen MR) is 178 cm³/mol. The van der Waals surface area contributed by atoms with Crippen LogP contribution in [-0.2, 0) is 47.0 Å². The summed E-state index contributed by atoms with van der Waals surface area (Å²) in [5, 5.41) is 4.64. The number of carbonyl (C=O) groups is 5. The molecule has 1 saturated heterocycles. The first-order chi connectivity index (χ1) is 23.1. The average Bonchev–Trinajstić information content (AvgIpc) is 3.89. The van der Waals surface area contributed by atoms with Gasteiger partial charge in [-0.15, -0.1) is 6.58 Å². The van der Waals surface area contributed by atoms with Crippen molar-refractivity contribution in [2.75, 3.05) is 6.54 Å². The molecule has 5 amide bonds. The fourth-order valence-corrected chi connectivity index (χ4v) is 7.72. The molecule has 0 bridgehead atoms. The lowest BCUT2D eigenvalue weighted by Gasteiger charge is -2.36. The Bertz CT molecular complexity index is 1700. The zero-order valence-corrected chi connectivity index (χ0v) is 30.0. The molecule has 5 unspecified atom stereocenters. The molecule has 2 aliphatic heterocycles. The summed E-state index contributed by atoms with van der Waals surface area (Å²) < 4.78 is 52.9. The first-order valence-corrected chi connectivity index (χ1v) is 18.2. The van der Waals surface area contributed by atoms with Gasteiger partial charge in [-0.05, 0) is 57.1 Å². The normalized spacial score (nSPS) is 25.2. The molecule has 5 rings (SSSR count). The van der Waals surface area contributed by atoms with Crippen molar-refractivity contribution in [2.24, 2.45) is 11.3 Å². The quantitative estimate of drug-likeness (QED) is 0.324. The lowest BCUT2D eigenvalue weighted by Crippen LogP contribution is -2.60. The monoisotopic (exact) mass is 719 g/mol. The molecule has 3 fully saturated rings. The van der Waals surface area contributed by atoms with E-state index in [1.165, 1.54) is 21.9 Å². The fourth-order valence-electron chi connectivity index (χ4n) is 6.36. The number of amides is 5. The van der Waals surface area contributed by atoms with Crippen LogP contribution in [0.25, 0.3) is 0 Å². The molecule has 0 aromatic heterocycles. The average molecular weight is 720 g/mol. The number of likely N-dealkylation sites (tertiary alicyclic amines) is 1. The summed E-state index contributed by atoms with van der Waals surface area (Å²) in [6, 6.07) is 2.09. The van der Waals surface area contributed by atoms with Gasteiger partial charge in [-0.3, -0.25) is 24.0 Å². The summed E-state index contributed by atoms with van der Waals surface area (Å²) in [5.41, 5.74) is -2.35. The van der Waals surface area contributed by atoms with E-state index < -0.39 is 91.7 Å². The minimum atomic E-state index is -3.93. The maximum absolute atomic E-state index is 14.4. The van der Waals surface area contributed by atoms with Crippen molar-refractivity contribution < 1.29 is 46.3 Å². The molecule has 1 aromatic carbocycles. The molecule has 0 spiro atoms. The second kappa shape index (κ2) is 13.2. The van der Waals surface area contributed by atoms with E-state index in [9.17, 15) is 36.8 Å². The van der Waals surface area contributed by atoms with Gasteiger partial charge in [0, 0.05) is 24.4 Å². The van der Waals surface area contributed by atoms with Crippen LogP contribution in [0, 0.1) is 17.2 Å². The number of nitrogens with one attached hydrogen (secondary N) is 3. The number of fused-ring (bicyclic) bond motifs is 1. The predicted octanol–water partition coefficient (Wildman–Crippen LogP) is 2.86. The zero-order chi connectivity index (χ0) is 37.0. The summed E-state index contributed by atoms with van der Waals surface area (Å²) in [6.45, 7) is 13.7. The lowest BCUT2D eigenvalue weighted by molar-refractivity contribution is -0.143. The molecule has 274 valence electrons. The smallest absolute Gasteiger partial charge is 0.410 e. The van der Waals surface area contributed by atoms with Crippen LogP contribution in [-0.4, -0.2) is 89.2 Å². The second-order valence-corrected chi connectivity index (χ2v) is 17.6. The van der Waals surface area contributed by atoms with Crippen LogP contribution in [0.4, 0.5) is 14.0 Å². The molecule has 1 aromatic rings. The number of benzene rings is 1. The van der Waals surface area contributed by atoms with Crippen LogP contribution < -0.4 is 15.4 Å². The van der Waals surface area contributed by atoms with Crippen molar-refractivity contribution in [1.82, 2.24) is 25.2 Å². The van der Waals surface area contributed by atoms with E-state index >= 15 is 0 Å². The minimum Gasteiger partial charge on any atom is -0.444 e. The van der Waals surface area contributed by atoms with Crippen LogP contribution in [0.1, 0.15) is 78.4 Å². The lowest BCUT2D eigenvalue weighted by atomic mass is 9.85. The highest BCUT2D eigenvalue weighted by molar-refractivity contribution is 7.91. The van der Waals surface area contributed by atoms with E-state index in [1.54, 1.807) is 53.7 Å². The molecule has 50 heavy (non-hydrogen) atoms. The highest BCUT2D eigenvalue weighted by Crippen LogP contribution is 2.45. The summed E-state index contributed by atoms with van der Waals surface area (Å²) in [4.78, 5) is 70.4. The zero-order valence-electron chi connectivity index (χ0n) is 29.2. The first-order valence-electron chi connectivity index (χ1n) is 16.7. The van der Waals surface area contributed by atoms with Gasteiger partial charge in [0.25, 0.3) is 5.91 Å². The van der Waals surface area contributed by atoms with Crippen molar-refractivity contribution in [3.63, 3.8) is 0 Å². The number of rotatable bonds is 9. The molecule has 0 radical (unpaired) electrons. The van der Waals surface area contributed by atoms with E-state index in [0.29, 0.717) is 24.0 Å². The molecule has 14 nitrogen and oxygen atoms in total. The third-order valence-electron chi connectivity index (χ3n) is 9.32. The molecule has 3 N–H and O–H groups in total. The van der Waals surface area contributed by atoms with Crippen LogP contribution in [0.2, 0.25) is 0 Å². The van der Waals surface area contributed by atoms with Crippen molar-refractivity contribution in [3.05, 3.63) is 47.8 Å². The summed E-state index contributed by atoms with van der Waals surface area (Å²) in [6.07, 6.45) is -0.394. The van der Waals surface area contributed by atoms with Gasteiger partial charge < -0.3 is 25.0 Å². The fraction of sp³-hybridized carbons (Fsp3) is 0.618. The third kappa shape index (κ3) is 7.89. The number of halogens is 1. The molecular weight excluding hydrogens is 673 g/mol. The SMILES string of the molecule is C=CC1CC1(NC(=O)C1CC(OC(=O)N2Cc3cccc(F)c3C2)CN1C(=O)C(NC(=O)OC(C)(C)C)C(C)(C)C)C(=O)NS(=O)(=O)C1CC1. The van der Waals surface area contributed by atoms with Crippen molar-refractivity contribution >= 4 is 39.9 Å². The van der Waals surface area contributed by atoms with E-state index in [2.05, 4.69) is 21.9 Å². The van der Waals surface area contributed by atoms with Crippen molar-refractivity contribution in [2.45, 2.75) is 115 Å². The van der Waals surface area contributed by atoms with Gasteiger partial charge >= 0.3 is 12.2 Å². The highest BCUT2D eigenvalue weighted by Gasteiger charge is 2.62. The topological polar surface area (TPSA) is 181 Å². The van der Waals surface area contributed by atoms with Crippen molar-refractivity contribution in [1.29, 1.82) is 0 Å². The van der Waals surface area contributed by atoms with Crippen LogP contribution >= 0.6 is 0 Å². The van der Waals surface area contributed by atoms with Crippen molar-refractivity contribution in [3.8, 4) is 0 Å². The minimum absolute atomic E-state index is 0.0175. The van der Waals surface area contributed by atoms with E-state index in [-0.39, 0.29) is 32.5 Å². The van der Waals surface area contributed by atoms with Gasteiger partial charge in [0.2, 0.25) is 21.8 Å². The van der Waals surface area contributed by atoms with E-state index in [1.807, 2.05) is 0 Å². The molecule has 2 heterocycles. The molecule has 5 atom stereocenters. The highest BCUT2D eigenvalue weighted by atomic mass is 32.2. The Balaban J connectivity index is 1.38. The van der Waals surface area contributed by atoms with Gasteiger partial charge in [-0.2, -0.15) is 0 Å². The van der Waals surface area contributed by atoms with Crippen LogP contribution in [0.15, 0.2) is 30.9 Å². The number of hydrogen-bond acceptors (Lipinski definition) is 9. The molecule has 16 heteroatoms. The maximum atomic E-state index is 14.4. The van der Waals surface area contributed by atoms with Gasteiger partial charge in [0.15, 0.2) is 0 Å². The summed E-state index contributed by atoms with van der Waals surface area (Å²) in [5.74, 6) is -3.36. The second-order valence-electron chi connectivity index (χ2n) is 15.6. The third-order valence-corrected chi connectivity index (χ3v) is 11.1. The first kappa shape index (κ1) is 37.1. The number of ether oxygens (including phenoxy) is 2. The number of hydrogen-bond donors (Lipinski definition) is 3. The Morgan fingerprint density at radius 3 is 2.32 bits per heavy atom. The van der Waals surface area contributed by atoms with Gasteiger partial charge in [0.05, 0.1) is 18.3 Å². The Morgan fingerprint density at radius 2 is 1.76 bits per heavy atom. The maximum Gasteiger partial charge on any atom is 0.410 e. The van der Waals surface area contributed by atoms with E-state index in [0.717, 1.165) is 0 Å². The Hall–Kier alpha value is -4.21. The van der Waals surface area contributed by atoms with Crippen LogP contribution in [0.3, 0.4) is 0 Å². The Labute approximate surface area is 291 Å². The number of alkyl carbamates (subject to hydrolysis) is 1. The summed E-state index contributed by atoms with van der Waals surface area (Å²) >= 11 is 0. The van der Waals surface area contributed by atoms with Gasteiger partial charge in [0.1, 0.15) is 35.1 Å². The molecular formula is C34H46FN5O9S. The largest absolute Gasteiger partial charge is 0.444 e.